The Labute approximate surface area is 86.3 Å². The third kappa shape index (κ3) is 4.07. The molecular formula is C10H22N2O2. The van der Waals surface area contributed by atoms with Gasteiger partial charge in [-0.2, -0.15) is 0 Å². The third-order valence-electron chi connectivity index (χ3n) is 2.38. The summed E-state index contributed by atoms with van der Waals surface area (Å²) in [5.41, 5.74) is 0. The first-order chi connectivity index (χ1) is 6.40. The lowest BCUT2D eigenvalue weighted by molar-refractivity contribution is -0.126. The van der Waals surface area contributed by atoms with E-state index in [2.05, 4.69) is 5.32 Å². The van der Waals surface area contributed by atoms with Crippen LogP contribution in [-0.4, -0.2) is 47.7 Å². The van der Waals surface area contributed by atoms with Crippen LogP contribution in [0.3, 0.4) is 0 Å². The zero-order valence-corrected chi connectivity index (χ0v) is 9.74. The van der Waals surface area contributed by atoms with Gasteiger partial charge in [0.05, 0.1) is 12.6 Å². The second-order valence-corrected chi connectivity index (χ2v) is 4.04. The number of rotatable bonds is 5. The zero-order chi connectivity index (χ0) is 11.3. The van der Waals surface area contributed by atoms with Crippen LogP contribution in [0.15, 0.2) is 0 Å². The number of carbonyl (C=O) groups excluding carboxylic acids is 1. The number of likely N-dealkylation sites (N-methyl/N-ethyl adjacent to an activating group) is 1. The average molecular weight is 202 g/mol. The van der Waals surface area contributed by atoms with Gasteiger partial charge in [-0.25, -0.2) is 0 Å². The zero-order valence-electron chi connectivity index (χ0n) is 9.74. The minimum Gasteiger partial charge on any atom is -0.395 e. The summed E-state index contributed by atoms with van der Waals surface area (Å²) in [6, 6.07) is -0.0507. The molecule has 0 radical (unpaired) electrons. The molecule has 0 spiro atoms. The molecule has 2 atom stereocenters. The Morgan fingerprint density at radius 2 is 1.86 bits per heavy atom. The van der Waals surface area contributed by atoms with Gasteiger partial charge in [0.15, 0.2) is 0 Å². The van der Waals surface area contributed by atoms with Gasteiger partial charge in [0.2, 0.25) is 5.91 Å². The van der Waals surface area contributed by atoms with E-state index >= 15 is 0 Å². The van der Waals surface area contributed by atoms with Gasteiger partial charge in [-0.3, -0.25) is 9.69 Å². The van der Waals surface area contributed by atoms with Crippen LogP contribution in [0.25, 0.3) is 0 Å². The fourth-order valence-electron chi connectivity index (χ4n) is 1.10. The van der Waals surface area contributed by atoms with Crippen molar-refractivity contribution in [1.82, 2.24) is 10.2 Å². The summed E-state index contributed by atoms with van der Waals surface area (Å²) in [6.45, 7) is 7.65. The Bertz CT molecular complexity index is 183. The summed E-state index contributed by atoms with van der Waals surface area (Å²) in [4.78, 5) is 13.4. The van der Waals surface area contributed by atoms with E-state index in [4.69, 9.17) is 5.11 Å². The van der Waals surface area contributed by atoms with E-state index in [0.29, 0.717) is 0 Å². The van der Waals surface area contributed by atoms with Crippen molar-refractivity contribution in [2.24, 2.45) is 0 Å². The molecule has 2 unspecified atom stereocenters. The minimum atomic E-state index is -0.209. The topological polar surface area (TPSA) is 52.6 Å². The van der Waals surface area contributed by atoms with Crippen LogP contribution >= 0.6 is 0 Å². The summed E-state index contributed by atoms with van der Waals surface area (Å²) >= 11 is 0. The molecule has 14 heavy (non-hydrogen) atoms. The smallest absolute Gasteiger partial charge is 0.237 e. The monoisotopic (exact) mass is 202 g/mol. The summed E-state index contributed by atoms with van der Waals surface area (Å²) in [5.74, 6) is 0.00259. The first kappa shape index (κ1) is 13.4. The van der Waals surface area contributed by atoms with Crippen molar-refractivity contribution in [2.75, 3.05) is 13.7 Å². The highest BCUT2D eigenvalue weighted by atomic mass is 16.3. The Hall–Kier alpha value is -0.610. The van der Waals surface area contributed by atoms with Crippen molar-refractivity contribution in [3.05, 3.63) is 0 Å². The van der Waals surface area contributed by atoms with Gasteiger partial charge in [-0.15, -0.1) is 0 Å². The molecule has 0 fully saturated rings. The number of nitrogens with zero attached hydrogens (tertiary/aromatic N) is 1. The van der Waals surface area contributed by atoms with Gasteiger partial charge < -0.3 is 10.4 Å². The molecule has 0 saturated heterocycles. The molecule has 0 bridgehead atoms. The highest BCUT2D eigenvalue weighted by molar-refractivity contribution is 5.81. The molecule has 0 aliphatic carbocycles. The van der Waals surface area contributed by atoms with Crippen LogP contribution in [0.5, 0.6) is 0 Å². The van der Waals surface area contributed by atoms with Crippen molar-refractivity contribution in [2.45, 2.75) is 45.8 Å². The Kier molecular flexibility index (Phi) is 5.72. The molecule has 0 rings (SSSR count). The van der Waals surface area contributed by atoms with E-state index in [-0.39, 0.29) is 30.6 Å². The number of hydrogen-bond acceptors (Lipinski definition) is 3. The standard InChI is InChI=1S/C10H22N2O2/c1-7(2)11-10(14)9(4)12(5)8(3)6-13/h7-9,13H,6H2,1-5H3,(H,11,14). The molecule has 84 valence electrons. The SMILES string of the molecule is CC(C)NC(=O)C(C)N(C)C(C)CO. The highest BCUT2D eigenvalue weighted by Gasteiger charge is 2.21. The first-order valence-electron chi connectivity index (χ1n) is 5.03. The summed E-state index contributed by atoms with van der Waals surface area (Å²) < 4.78 is 0. The Balaban J connectivity index is 4.16. The first-order valence-corrected chi connectivity index (χ1v) is 5.03. The van der Waals surface area contributed by atoms with Gasteiger partial charge in [0.25, 0.3) is 0 Å². The lowest BCUT2D eigenvalue weighted by Gasteiger charge is -2.29. The van der Waals surface area contributed by atoms with E-state index in [0.717, 1.165) is 0 Å². The normalized spacial score (nSPS) is 15.7. The molecule has 0 saturated carbocycles. The summed E-state index contributed by atoms with van der Waals surface area (Å²) in [5, 5.41) is 11.8. The molecule has 0 aliphatic heterocycles. The van der Waals surface area contributed by atoms with Gasteiger partial charge in [-0.1, -0.05) is 0 Å². The van der Waals surface area contributed by atoms with E-state index in [9.17, 15) is 4.79 Å². The molecule has 2 N–H and O–H groups in total. The average Bonchev–Trinajstić information content (AvgIpc) is 2.13. The Morgan fingerprint density at radius 1 is 1.36 bits per heavy atom. The molecule has 0 heterocycles. The van der Waals surface area contributed by atoms with E-state index in [1.807, 2.05) is 39.6 Å². The quantitative estimate of drug-likeness (QED) is 0.670. The van der Waals surface area contributed by atoms with Crippen LogP contribution in [-0.2, 0) is 4.79 Å². The van der Waals surface area contributed by atoms with Gasteiger partial charge in [0.1, 0.15) is 0 Å². The van der Waals surface area contributed by atoms with Crippen LogP contribution in [0.2, 0.25) is 0 Å². The number of carbonyl (C=O) groups is 1. The summed E-state index contributed by atoms with van der Waals surface area (Å²) in [7, 11) is 1.84. The third-order valence-corrected chi connectivity index (χ3v) is 2.38. The highest BCUT2D eigenvalue weighted by Crippen LogP contribution is 2.02. The minimum absolute atomic E-state index is 0.00259. The number of amides is 1. The van der Waals surface area contributed by atoms with Gasteiger partial charge >= 0.3 is 0 Å². The molecule has 4 nitrogen and oxygen atoms in total. The molecule has 4 heteroatoms. The number of aliphatic hydroxyl groups excluding tert-OH is 1. The van der Waals surface area contributed by atoms with Crippen molar-refractivity contribution in [3.63, 3.8) is 0 Å². The maximum absolute atomic E-state index is 11.6. The molecule has 0 aliphatic rings. The van der Waals surface area contributed by atoms with Gasteiger partial charge in [0, 0.05) is 12.1 Å². The number of nitrogens with one attached hydrogen (secondary N) is 1. The van der Waals surface area contributed by atoms with Crippen molar-refractivity contribution < 1.29 is 9.90 Å². The van der Waals surface area contributed by atoms with Crippen molar-refractivity contribution in [1.29, 1.82) is 0 Å². The predicted molar refractivity (Wildman–Crippen MR) is 57.1 cm³/mol. The van der Waals surface area contributed by atoms with Crippen LogP contribution < -0.4 is 5.32 Å². The van der Waals surface area contributed by atoms with Crippen molar-refractivity contribution >= 4 is 5.91 Å². The van der Waals surface area contributed by atoms with Crippen LogP contribution in [0.4, 0.5) is 0 Å². The molecule has 0 aromatic rings. The maximum atomic E-state index is 11.6. The predicted octanol–water partition coefficient (Wildman–Crippen LogP) is 0.212. The molecule has 0 aromatic carbocycles. The lowest BCUT2D eigenvalue weighted by Crippen LogP contribution is -2.49. The van der Waals surface area contributed by atoms with Crippen molar-refractivity contribution in [3.8, 4) is 0 Å². The Morgan fingerprint density at radius 3 is 2.21 bits per heavy atom. The molecule has 1 amide bonds. The second-order valence-electron chi connectivity index (χ2n) is 4.04. The molecular weight excluding hydrogens is 180 g/mol. The maximum Gasteiger partial charge on any atom is 0.237 e. The van der Waals surface area contributed by atoms with E-state index in [1.54, 1.807) is 0 Å². The largest absolute Gasteiger partial charge is 0.395 e. The fourth-order valence-corrected chi connectivity index (χ4v) is 1.10. The number of aliphatic hydroxyl groups is 1. The molecule has 0 aromatic heterocycles. The number of hydrogen-bond donors (Lipinski definition) is 2. The van der Waals surface area contributed by atoms with Gasteiger partial charge in [-0.05, 0) is 34.7 Å². The fraction of sp³-hybridized carbons (Fsp3) is 0.900. The lowest BCUT2D eigenvalue weighted by atomic mass is 10.2. The van der Waals surface area contributed by atoms with E-state index in [1.165, 1.54) is 0 Å². The van der Waals surface area contributed by atoms with E-state index < -0.39 is 0 Å². The van der Waals surface area contributed by atoms with Crippen LogP contribution in [0, 0.1) is 0 Å². The summed E-state index contributed by atoms with van der Waals surface area (Å²) in [6.07, 6.45) is 0. The van der Waals surface area contributed by atoms with Crippen LogP contribution in [0.1, 0.15) is 27.7 Å². The second kappa shape index (κ2) is 5.98.